The molecule has 23 heavy (non-hydrogen) atoms. The summed E-state index contributed by atoms with van der Waals surface area (Å²) in [4.78, 5) is 0. The van der Waals surface area contributed by atoms with Crippen molar-refractivity contribution in [3.05, 3.63) is 0 Å². The summed E-state index contributed by atoms with van der Waals surface area (Å²) in [5, 5.41) is 0. The SMILES string of the molecule is C1CCC23C4C5C6C7C(C4C24CCCCC74OC63OC1)C51CC1. The molecule has 4 bridgehead atoms. The standard InChI is InChI=1S/C21H26O2/c1-2-7-20-15-11-13-14-12(17(11)8-9-17)16(15)21(23-20)19(14,18(13,20)5-1)6-3-4-10-22-21/h11-16H,1-10H2. The number of hydrogen-bond acceptors (Lipinski definition) is 2. The lowest BCUT2D eigenvalue weighted by Gasteiger charge is -2.68. The lowest BCUT2D eigenvalue weighted by atomic mass is 9.33. The number of ether oxygens (including phenoxy) is 2. The summed E-state index contributed by atoms with van der Waals surface area (Å²) in [5.74, 6) is 5.84. The fourth-order valence-electron chi connectivity index (χ4n) is 12.3. The molecule has 0 radical (unpaired) electrons. The van der Waals surface area contributed by atoms with E-state index in [9.17, 15) is 0 Å². The molecule has 7 aliphatic carbocycles. The molecule has 2 heteroatoms. The molecule has 0 N–H and O–H groups in total. The summed E-state index contributed by atoms with van der Waals surface area (Å²) < 4.78 is 14.2. The van der Waals surface area contributed by atoms with E-state index in [2.05, 4.69) is 0 Å². The molecule has 122 valence electrons. The molecular weight excluding hydrogens is 284 g/mol. The Bertz CT molecular complexity index is 713. The van der Waals surface area contributed by atoms with Gasteiger partial charge in [0.1, 0.15) is 0 Å². The molecule has 10 unspecified atom stereocenters. The van der Waals surface area contributed by atoms with E-state index in [0.717, 1.165) is 47.5 Å². The van der Waals surface area contributed by atoms with Crippen LogP contribution in [-0.4, -0.2) is 18.0 Å². The summed E-state index contributed by atoms with van der Waals surface area (Å²) >= 11 is 0. The normalized spacial score (nSPS) is 78.3. The van der Waals surface area contributed by atoms with E-state index >= 15 is 0 Å². The Labute approximate surface area is 137 Å². The highest BCUT2D eigenvalue weighted by molar-refractivity contribution is 5.54. The van der Waals surface area contributed by atoms with Gasteiger partial charge in [0.2, 0.25) is 0 Å². The number of rotatable bonds is 0. The van der Waals surface area contributed by atoms with E-state index in [1.54, 1.807) is 12.8 Å². The van der Waals surface area contributed by atoms with Gasteiger partial charge in [0.25, 0.3) is 0 Å². The third-order valence-electron chi connectivity index (χ3n) is 11.7. The fourth-order valence-corrected chi connectivity index (χ4v) is 12.3. The zero-order chi connectivity index (χ0) is 14.4. The molecule has 10 fully saturated rings. The highest BCUT2D eigenvalue weighted by Gasteiger charge is 3.10. The van der Waals surface area contributed by atoms with Crippen LogP contribution in [0, 0.1) is 51.8 Å². The second-order valence-corrected chi connectivity index (χ2v) is 11.0. The molecule has 3 aliphatic heterocycles. The topological polar surface area (TPSA) is 18.5 Å². The Kier molecular flexibility index (Phi) is 1.34. The van der Waals surface area contributed by atoms with Gasteiger partial charge in [-0.15, -0.1) is 0 Å². The van der Waals surface area contributed by atoms with Gasteiger partial charge in [-0.3, -0.25) is 0 Å². The van der Waals surface area contributed by atoms with E-state index in [1.807, 2.05) is 0 Å². The smallest absolute Gasteiger partial charge is 0.179 e. The zero-order valence-electron chi connectivity index (χ0n) is 13.9. The molecule has 0 aromatic heterocycles. The van der Waals surface area contributed by atoms with E-state index < -0.39 is 0 Å². The van der Waals surface area contributed by atoms with Crippen molar-refractivity contribution in [2.45, 2.75) is 69.2 Å². The molecule has 10 atom stereocenters. The first-order chi connectivity index (χ1) is 11.3. The van der Waals surface area contributed by atoms with Crippen molar-refractivity contribution >= 4 is 0 Å². The maximum atomic E-state index is 7.31. The van der Waals surface area contributed by atoms with Gasteiger partial charge in [-0.1, -0.05) is 19.3 Å². The van der Waals surface area contributed by atoms with Crippen LogP contribution >= 0.6 is 0 Å². The van der Waals surface area contributed by atoms with Crippen LogP contribution in [0.4, 0.5) is 0 Å². The van der Waals surface area contributed by atoms with Crippen molar-refractivity contribution in [2.24, 2.45) is 51.8 Å². The molecule has 0 aromatic rings. The average Bonchev–Trinajstić information content (AvgIpc) is 3.10. The third kappa shape index (κ3) is 0.636. The predicted octanol–water partition coefficient (Wildman–Crippen LogP) is 3.74. The van der Waals surface area contributed by atoms with Crippen molar-refractivity contribution in [1.82, 2.24) is 0 Å². The molecule has 5 spiro atoms. The average molecular weight is 310 g/mol. The second kappa shape index (κ2) is 2.67. The zero-order valence-corrected chi connectivity index (χ0v) is 13.9. The van der Waals surface area contributed by atoms with Crippen LogP contribution in [-0.2, 0) is 9.47 Å². The number of hydrogen-bond donors (Lipinski definition) is 0. The van der Waals surface area contributed by atoms with Crippen molar-refractivity contribution in [3.8, 4) is 0 Å². The van der Waals surface area contributed by atoms with Gasteiger partial charge in [-0.05, 0) is 67.6 Å². The van der Waals surface area contributed by atoms with E-state index in [1.165, 1.54) is 44.9 Å². The van der Waals surface area contributed by atoms with E-state index in [-0.39, 0.29) is 5.79 Å². The third-order valence-corrected chi connectivity index (χ3v) is 11.7. The summed E-state index contributed by atoms with van der Waals surface area (Å²) in [6.45, 7) is 0.985. The van der Waals surface area contributed by atoms with Crippen LogP contribution in [0.15, 0.2) is 0 Å². The largest absolute Gasteiger partial charge is 0.349 e. The molecule has 0 aromatic carbocycles. The highest BCUT2D eigenvalue weighted by atomic mass is 16.7. The van der Waals surface area contributed by atoms with E-state index in [0.29, 0.717) is 16.4 Å². The van der Waals surface area contributed by atoms with Crippen molar-refractivity contribution in [1.29, 1.82) is 0 Å². The van der Waals surface area contributed by atoms with Gasteiger partial charge in [-0.25, -0.2) is 0 Å². The quantitative estimate of drug-likeness (QED) is 0.678. The van der Waals surface area contributed by atoms with E-state index in [4.69, 9.17) is 9.47 Å². The molecule has 0 amide bonds. The van der Waals surface area contributed by atoms with Crippen LogP contribution in [0.1, 0.15) is 57.8 Å². The minimum Gasteiger partial charge on any atom is -0.349 e. The summed E-state index contributed by atoms with van der Waals surface area (Å²) in [5.41, 5.74) is 2.16. The Morgan fingerprint density at radius 3 is 2.26 bits per heavy atom. The molecule has 10 rings (SSSR count). The first kappa shape index (κ1) is 11.5. The minimum absolute atomic E-state index is 0.0921. The molecule has 2 nitrogen and oxygen atoms in total. The molecule has 10 aliphatic rings. The summed E-state index contributed by atoms with van der Waals surface area (Å²) in [7, 11) is 0. The van der Waals surface area contributed by atoms with Crippen LogP contribution in [0.3, 0.4) is 0 Å². The maximum Gasteiger partial charge on any atom is 0.179 e. The lowest BCUT2D eigenvalue weighted by molar-refractivity contribution is -0.286. The van der Waals surface area contributed by atoms with Gasteiger partial charge in [-0.2, -0.15) is 0 Å². The minimum atomic E-state index is -0.0921. The maximum absolute atomic E-state index is 7.31. The van der Waals surface area contributed by atoms with Crippen molar-refractivity contribution < 1.29 is 9.47 Å². The highest BCUT2D eigenvalue weighted by Crippen LogP contribution is 3.08. The lowest BCUT2D eigenvalue weighted by Crippen LogP contribution is -2.70. The van der Waals surface area contributed by atoms with Crippen LogP contribution in [0.25, 0.3) is 0 Å². The van der Waals surface area contributed by atoms with Gasteiger partial charge in [0.05, 0.1) is 12.2 Å². The van der Waals surface area contributed by atoms with Gasteiger partial charge >= 0.3 is 0 Å². The molecule has 3 saturated heterocycles. The van der Waals surface area contributed by atoms with Gasteiger partial charge in [0, 0.05) is 22.7 Å². The van der Waals surface area contributed by atoms with Crippen LogP contribution in [0.2, 0.25) is 0 Å². The first-order valence-corrected chi connectivity index (χ1v) is 10.7. The predicted molar refractivity (Wildman–Crippen MR) is 82.3 cm³/mol. The summed E-state index contributed by atoms with van der Waals surface area (Å²) in [6, 6.07) is 0. The van der Waals surface area contributed by atoms with Crippen LogP contribution in [0.5, 0.6) is 0 Å². The molecule has 7 saturated carbocycles. The summed E-state index contributed by atoms with van der Waals surface area (Å²) in [6.07, 6.45) is 13.1. The molecular formula is C21H26O2. The Hall–Kier alpha value is -0.0800. The second-order valence-electron chi connectivity index (χ2n) is 11.0. The monoisotopic (exact) mass is 310 g/mol. The van der Waals surface area contributed by atoms with Crippen LogP contribution < -0.4 is 0 Å². The van der Waals surface area contributed by atoms with Gasteiger partial charge < -0.3 is 9.47 Å². The Balaban J connectivity index is 1.46. The van der Waals surface area contributed by atoms with Gasteiger partial charge in [0.15, 0.2) is 5.79 Å². The first-order valence-electron chi connectivity index (χ1n) is 10.7. The Morgan fingerprint density at radius 2 is 1.35 bits per heavy atom. The van der Waals surface area contributed by atoms with Crippen molar-refractivity contribution in [3.63, 3.8) is 0 Å². The Morgan fingerprint density at radius 1 is 0.609 bits per heavy atom. The van der Waals surface area contributed by atoms with Crippen molar-refractivity contribution in [2.75, 3.05) is 6.61 Å². The molecule has 3 heterocycles. The fraction of sp³-hybridized carbons (Fsp3) is 1.00.